The van der Waals surface area contributed by atoms with Crippen LogP contribution in [0.3, 0.4) is 0 Å². The maximum atomic E-state index is 11.6. The van der Waals surface area contributed by atoms with Crippen molar-refractivity contribution in [2.75, 3.05) is 6.61 Å². The molecule has 0 bridgehead atoms. The molecule has 0 aromatic rings. The summed E-state index contributed by atoms with van der Waals surface area (Å²) in [6.45, 7) is 1.50. The van der Waals surface area contributed by atoms with Gasteiger partial charge in [-0.1, -0.05) is 12.2 Å². The number of alkyl halides is 2. The number of rotatable bonds is 4. The molecule has 0 radical (unpaired) electrons. The average molecular weight is 162 g/mol. The quantitative estimate of drug-likeness (QED) is 0.576. The van der Waals surface area contributed by atoms with E-state index in [1.807, 2.05) is 19.1 Å². The molecule has 0 aromatic carbocycles. The van der Waals surface area contributed by atoms with Crippen molar-refractivity contribution in [2.45, 2.75) is 25.9 Å². The van der Waals surface area contributed by atoms with Gasteiger partial charge in [0, 0.05) is 5.92 Å². The minimum absolute atomic E-state index is 0.0557. The topological polar surface area (TPSA) is 9.23 Å². The largest absolute Gasteiger partial charge is 0.372 e. The molecule has 3 heteroatoms. The molecule has 1 saturated carbocycles. The van der Waals surface area contributed by atoms with Crippen molar-refractivity contribution in [3.05, 3.63) is 12.2 Å². The molecule has 64 valence electrons. The lowest BCUT2D eigenvalue weighted by molar-refractivity contribution is 0.00670. The van der Waals surface area contributed by atoms with Gasteiger partial charge < -0.3 is 4.74 Å². The Morgan fingerprint density at radius 2 is 2.36 bits per heavy atom. The minimum Gasteiger partial charge on any atom is -0.372 e. The van der Waals surface area contributed by atoms with Gasteiger partial charge in [0.2, 0.25) is 0 Å². The lowest BCUT2D eigenvalue weighted by Crippen LogP contribution is -2.06. The van der Waals surface area contributed by atoms with Gasteiger partial charge in [0.05, 0.1) is 6.10 Å². The van der Waals surface area contributed by atoms with E-state index in [9.17, 15) is 8.78 Å². The van der Waals surface area contributed by atoms with Gasteiger partial charge in [-0.3, -0.25) is 0 Å². The van der Waals surface area contributed by atoms with Crippen molar-refractivity contribution in [1.82, 2.24) is 0 Å². The number of hydrogen-bond donors (Lipinski definition) is 0. The zero-order valence-corrected chi connectivity index (χ0v) is 6.47. The highest BCUT2D eigenvalue weighted by molar-refractivity contribution is 5.02. The molecule has 1 aliphatic carbocycles. The second kappa shape index (κ2) is 3.81. The van der Waals surface area contributed by atoms with Gasteiger partial charge in [0.25, 0.3) is 6.43 Å². The highest BCUT2D eigenvalue weighted by atomic mass is 19.3. The summed E-state index contributed by atoms with van der Waals surface area (Å²) < 4.78 is 28.1. The van der Waals surface area contributed by atoms with Gasteiger partial charge in [-0.05, 0) is 13.3 Å². The number of allylic oxidation sites excluding steroid dienone is 1. The predicted octanol–water partition coefficient (Wildman–Crippen LogP) is 2.23. The van der Waals surface area contributed by atoms with E-state index in [0.717, 1.165) is 6.42 Å². The monoisotopic (exact) mass is 162 g/mol. The van der Waals surface area contributed by atoms with Crippen LogP contribution in [0.1, 0.15) is 13.3 Å². The van der Waals surface area contributed by atoms with E-state index in [2.05, 4.69) is 0 Å². The zero-order chi connectivity index (χ0) is 8.27. The van der Waals surface area contributed by atoms with Crippen LogP contribution in [-0.4, -0.2) is 19.1 Å². The summed E-state index contributed by atoms with van der Waals surface area (Å²) in [6, 6.07) is 0. The lowest BCUT2D eigenvalue weighted by Gasteiger charge is -1.99. The molecule has 2 unspecified atom stereocenters. The Hall–Kier alpha value is -0.440. The molecule has 0 spiro atoms. The third-order valence-electron chi connectivity index (χ3n) is 1.65. The summed E-state index contributed by atoms with van der Waals surface area (Å²) in [5, 5.41) is 0. The number of halogens is 2. The van der Waals surface area contributed by atoms with Gasteiger partial charge in [-0.15, -0.1) is 0 Å². The smallest absolute Gasteiger partial charge is 0.261 e. The Morgan fingerprint density at radius 1 is 1.64 bits per heavy atom. The second-order valence-electron chi connectivity index (χ2n) is 2.69. The summed E-state index contributed by atoms with van der Waals surface area (Å²) in [5.74, 6) is 0.388. The van der Waals surface area contributed by atoms with Crippen LogP contribution < -0.4 is 0 Å². The van der Waals surface area contributed by atoms with Gasteiger partial charge in [0.1, 0.15) is 6.61 Å². The van der Waals surface area contributed by atoms with Crippen LogP contribution in [0.5, 0.6) is 0 Å². The number of hydrogen-bond acceptors (Lipinski definition) is 1. The molecule has 0 N–H and O–H groups in total. The first kappa shape index (κ1) is 8.65. The third kappa shape index (κ3) is 2.97. The summed E-state index contributed by atoms with van der Waals surface area (Å²) in [7, 11) is 0. The van der Waals surface area contributed by atoms with E-state index in [4.69, 9.17) is 4.74 Å². The molecule has 1 aliphatic rings. The molecule has 0 amide bonds. The van der Waals surface area contributed by atoms with Crippen LogP contribution in [0.2, 0.25) is 0 Å². The van der Waals surface area contributed by atoms with Gasteiger partial charge in [0.15, 0.2) is 0 Å². The third-order valence-corrected chi connectivity index (χ3v) is 1.65. The van der Waals surface area contributed by atoms with Crippen molar-refractivity contribution in [3.8, 4) is 0 Å². The zero-order valence-electron chi connectivity index (χ0n) is 6.47. The number of ether oxygens (including phenoxy) is 1. The highest BCUT2D eigenvalue weighted by Crippen LogP contribution is 2.34. The summed E-state index contributed by atoms with van der Waals surface area (Å²) in [4.78, 5) is 0. The van der Waals surface area contributed by atoms with E-state index in [0.29, 0.717) is 5.92 Å². The van der Waals surface area contributed by atoms with Crippen LogP contribution in [0, 0.1) is 5.92 Å². The van der Waals surface area contributed by atoms with Crippen molar-refractivity contribution in [2.24, 2.45) is 5.92 Å². The first-order valence-corrected chi connectivity index (χ1v) is 3.76. The molecular formula is C8H12F2O. The Morgan fingerprint density at radius 3 is 2.91 bits per heavy atom. The molecule has 0 heterocycles. The average Bonchev–Trinajstić information content (AvgIpc) is 2.64. The van der Waals surface area contributed by atoms with E-state index < -0.39 is 13.0 Å². The summed E-state index contributed by atoms with van der Waals surface area (Å²) >= 11 is 0. The molecule has 1 fully saturated rings. The normalized spacial score (nSPS) is 30.2. The van der Waals surface area contributed by atoms with E-state index in [-0.39, 0.29) is 6.10 Å². The van der Waals surface area contributed by atoms with Gasteiger partial charge >= 0.3 is 0 Å². The first-order chi connectivity index (χ1) is 5.24. The van der Waals surface area contributed by atoms with Crippen LogP contribution in [0.4, 0.5) is 8.78 Å². The van der Waals surface area contributed by atoms with Crippen LogP contribution >= 0.6 is 0 Å². The fourth-order valence-electron chi connectivity index (χ4n) is 1.03. The summed E-state index contributed by atoms with van der Waals surface area (Å²) in [5.41, 5.74) is 0. The molecular weight excluding hydrogens is 150 g/mol. The fraction of sp³-hybridized carbons (Fsp3) is 0.750. The van der Waals surface area contributed by atoms with Crippen LogP contribution in [0.15, 0.2) is 12.2 Å². The van der Waals surface area contributed by atoms with Crippen molar-refractivity contribution in [3.63, 3.8) is 0 Å². The van der Waals surface area contributed by atoms with E-state index in [1.165, 1.54) is 0 Å². The SMILES string of the molecule is CC=CC1CC1OCC(F)F. The van der Waals surface area contributed by atoms with Crippen LogP contribution in [0.25, 0.3) is 0 Å². The van der Waals surface area contributed by atoms with Gasteiger partial charge in [-0.25, -0.2) is 8.78 Å². The Balaban J connectivity index is 2.04. The fourth-order valence-corrected chi connectivity index (χ4v) is 1.03. The van der Waals surface area contributed by atoms with Crippen molar-refractivity contribution < 1.29 is 13.5 Å². The molecule has 0 aliphatic heterocycles. The molecule has 0 saturated heterocycles. The minimum atomic E-state index is -2.33. The summed E-state index contributed by atoms with van der Waals surface area (Å²) in [6.07, 6.45) is 2.55. The second-order valence-corrected chi connectivity index (χ2v) is 2.69. The maximum Gasteiger partial charge on any atom is 0.261 e. The predicted molar refractivity (Wildman–Crippen MR) is 38.7 cm³/mol. The molecule has 0 aromatic heterocycles. The lowest BCUT2D eigenvalue weighted by atomic mass is 10.4. The Kier molecular flexibility index (Phi) is 3.00. The molecule has 1 nitrogen and oxygen atoms in total. The molecule has 1 rings (SSSR count). The Bertz CT molecular complexity index is 145. The van der Waals surface area contributed by atoms with Crippen molar-refractivity contribution >= 4 is 0 Å². The standard InChI is InChI=1S/C8H12F2O/c1-2-3-6-4-7(6)11-5-8(9)10/h2-3,6-8H,4-5H2,1H3. The van der Waals surface area contributed by atoms with E-state index >= 15 is 0 Å². The van der Waals surface area contributed by atoms with Crippen molar-refractivity contribution in [1.29, 1.82) is 0 Å². The molecule has 2 atom stereocenters. The van der Waals surface area contributed by atoms with Gasteiger partial charge in [-0.2, -0.15) is 0 Å². The molecule has 11 heavy (non-hydrogen) atoms. The highest BCUT2D eigenvalue weighted by Gasteiger charge is 2.36. The van der Waals surface area contributed by atoms with Crippen LogP contribution in [-0.2, 0) is 4.74 Å². The Labute approximate surface area is 65.0 Å². The van der Waals surface area contributed by atoms with E-state index in [1.54, 1.807) is 0 Å². The first-order valence-electron chi connectivity index (χ1n) is 3.76. The maximum absolute atomic E-state index is 11.6.